The van der Waals surface area contributed by atoms with Crippen molar-refractivity contribution in [3.63, 3.8) is 0 Å². The summed E-state index contributed by atoms with van der Waals surface area (Å²) in [5, 5.41) is 3.13. The van der Waals surface area contributed by atoms with Crippen molar-refractivity contribution in [2.45, 2.75) is 27.2 Å². The van der Waals surface area contributed by atoms with E-state index in [1.165, 1.54) is 0 Å². The second-order valence-corrected chi connectivity index (χ2v) is 5.21. The quantitative estimate of drug-likeness (QED) is 0.537. The molecule has 0 spiro atoms. The largest absolute Gasteiger partial charge is 0.417 e. The molecule has 0 radical (unpaired) electrons. The van der Waals surface area contributed by atoms with Crippen molar-refractivity contribution in [1.29, 1.82) is 0 Å². The van der Waals surface area contributed by atoms with E-state index in [1.54, 1.807) is 4.90 Å². The number of ether oxygens (including phenoxy) is 1. The molecule has 0 saturated carbocycles. The molecule has 1 rings (SSSR count). The molecule has 1 fully saturated rings. The maximum Gasteiger partial charge on any atom is 0.417 e. The van der Waals surface area contributed by atoms with Crippen LogP contribution in [-0.2, 0) is 9.53 Å². The average Bonchev–Trinajstić information content (AvgIpc) is 2.16. The Bertz CT molecular complexity index is 265. The highest BCUT2D eigenvalue weighted by Gasteiger charge is 2.23. The first-order valence-corrected chi connectivity index (χ1v) is 5.59. The summed E-state index contributed by atoms with van der Waals surface area (Å²) in [6.07, 6.45) is -0.263. The van der Waals surface area contributed by atoms with E-state index in [-0.39, 0.29) is 11.8 Å². The Balaban J connectivity index is 2.35. The molecule has 0 aromatic rings. The zero-order chi connectivity index (χ0) is 12.2. The van der Waals surface area contributed by atoms with Crippen LogP contribution >= 0.6 is 0 Å². The molecular formula is C11H20N2O3. The molecule has 1 N–H and O–H groups in total. The van der Waals surface area contributed by atoms with Gasteiger partial charge in [0.15, 0.2) is 0 Å². The fourth-order valence-corrected chi connectivity index (χ4v) is 1.48. The summed E-state index contributed by atoms with van der Waals surface area (Å²) >= 11 is 0. The predicted molar refractivity (Wildman–Crippen MR) is 60.0 cm³/mol. The van der Waals surface area contributed by atoms with Crippen molar-refractivity contribution in [2.75, 3.05) is 26.2 Å². The third-order valence-electron chi connectivity index (χ3n) is 2.25. The Morgan fingerprint density at radius 2 is 1.81 bits per heavy atom. The van der Waals surface area contributed by atoms with E-state index in [9.17, 15) is 9.59 Å². The Labute approximate surface area is 96.1 Å². The monoisotopic (exact) mass is 228 g/mol. The number of nitrogens with zero attached hydrogens (tertiary/aromatic N) is 1. The van der Waals surface area contributed by atoms with Crippen LogP contribution in [0.25, 0.3) is 0 Å². The van der Waals surface area contributed by atoms with E-state index < -0.39 is 12.1 Å². The summed E-state index contributed by atoms with van der Waals surface area (Å²) in [5.41, 5.74) is -0.152. The molecule has 5 nitrogen and oxygen atoms in total. The molecule has 1 aliphatic rings. The topological polar surface area (TPSA) is 58.6 Å². The van der Waals surface area contributed by atoms with Crippen LogP contribution in [0.3, 0.4) is 0 Å². The minimum absolute atomic E-state index is 0.152. The fourth-order valence-electron chi connectivity index (χ4n) is 1.48. The third kappa shape index (κ3) is 4.61. The van der Waals surface area contributed by atoms with Crippen LogP contribution in [0.15, 0.2) is 0 Å². The van der Waals surface area contributed by atoms with Crippen LogP contribution in [0.1, 0.15) is 27.2 Å². The van der Waals surface area contributed by atoms with Crippen molar-refractivity contribution in [3.05, 3.63) is 0 Å². The SMILES string of the molecule is CC(C)(C)CC(=O)OC(=O)N1CCNCC1. The van der Waals surface area contributed by atoms with Crippen molar-refractivity contribution >= 4 is 12.1 Å². The Morgan fingerprint density at radius 1 is 1.25 bits per heavy atom. The highest BCUT2D eigenvalue weighted by atomic mass is 16.6. The van der Waals surface area contributed by atoms with Gasteiger partial charge >= 0.3 is 12.1 Å². The first-order valence-electron chi connectivity index (χ1n) is 5.59. The van der Waals surface area contributed by atoms with E-state index in [1.807, 2.05) is 20.8 Å². The maximum absolute atomic E-state index is 11.5. The maximum atomic E-state index is 11.5. The van der Waals surface area contributed by atoms with Gasteiger partial charge in [-0.2, -0.15) is 0 Å². The summed E-state index contributed by atoms with van der Waals surface area (Å²) in [6, 6.07) is 0. The van der Waals surface area contributed by atoms with Gasteiger partial charge in [0.1, 0.15) is 0 Å². The van der Waals surface area contributed by atoms with Gasteiger partial charge in [-0.05, 0) is 5.41 Å². The van der Waals surface area contributed by atoms with Crippen molar-refractivity contribution in [1.82, 2.24) is 10.2 Å². The standard InChI is InChI=1S/C11H20N2O3/c1-11(2,3)8-9(14)16-10(15)13-6-4-12-5-7-13/h12H,4-8H2,1-3H3. The fraction of sp³-hybridized carbons (Fsp3) is 0.818. The molecular weight excluding hydrogens is 208 g/mol. The molecule has 1 amide bonds. The molecule has 0 bridgehead atoms. The first-order chi connectivity index (χ1) is 7.38. The minimum atomic E-state index is -0.518. The highest BCUT2D eigenvalue weighted by Crippen LogP contribution is 2.19. The number of hydrogen-bond acceptors (Lipinski definition) is 4. The lowest BCUT2D eigenvalue weighted by molar-refractivity contribution is -0.140. The lowest BCUT2D eigenvalue weighted by Gasteiger charge is -2.26. The number of nitrogens with one attached hydrogen (secondary N) is 1. The first kappa shape index (κ1) is 13.0. The Morgan fingerprint density at radius 3 is 2.31 bits per heavy atom. The lowest BCUT2D eigenvalue weighted by Crippen LogP contribution is -2.47. The van der Waals surface area contributed by atoms with Gasteiger partial charge in [0.2, 0.25) is 0 Å². The van der Waals surface area contributed by atoms with Crippen LogP contribution in [0.5, 0.6) is 0 Å². The van der Waals surface area contributed by atoms with E-state index in [2.05, 4.69) is 5.32 Å². The summed E-state index contributed by atoms with van der Waals surface area (Å²) in [4.78, 5) is 24.5. The number of rotatable bonds is 1. The molecule has 92 valence electrons. The van der Waals surface area contributed by atoms with E-state index in [0.717, 1.165) is 13.1 Å². The number of piperazine rings is 1. The van der Waals surface area contributed by atoms with Gasteiger partial charge in [0.25, 0.3) is 0 Å². The minimum Gasteiger partial charge on any atom is -0.376 e. The van der Waals surface area contributed by atoms with E-state index >= 15 is 0 Å². The molecule has 1 aliphatic heterocycles. The molecule has 0 unspecified atom stereocenters. The van der Waals surface area contributed by atoms with Crippen LogP contribution in [0, 0.1) is 5.41 Å². The van der Waals surface area contributed by atoms with Crippen molar-refractivity contribution in [2.24, 2.45) is 5.41 Å². The number of carbonyl (C=O) groups is 2. The summed E-state index contributed by atoms with van der Waals surface area (Å²) in [7, 11) is 0. The third-order valence-corrected chi connectivity index (χ3v) is 2.25. The molecule has 0 aliphatic carbocycles. The van der Waals surface area contributed by atoms with Gasteiger partial charge < -0.3 is 15.0 Å². The molecule has 0 atom stereocenters. The highest BCUT2D eigenvalue weighted by molar-refractivity contribution is 5.84. The zero-order valence-electron chi connectivity index (χ0n) is 10.2. The van der Waals surface area contributed by atoms with Crippen molar-refractivity contribution < 1.29 is 14.3 Å². The van der Waals surface area contributed by atoms with Crippen LogP contribution in [0.4, 0.5) is 4.79 Å². The van der Waals surface area contributed by atoms with E-state index in [4.69, 9.17) is 4.74 Å². The van der Waals surface area contributed by atoms with Gasteiger partial charge in [0.05, 0.1) is 6.42 Å². The average molecular weight is 228 g/mol. The van der Waals surface area contributed by atoms with Crippen molar-refractivity contribution in [3.8, 4) is 0 Å². The molecule has 1 saturated heterocycles. The molecule has 0 aromatic carbocycles. The predicted octanol–water partition coefficient (Wildman–Crippen LogP) is 0.991. The molecule has 5 heteroatoms. The number of amides is 1. The van der Waals surface area contributed by atoms with Gasteiger partial charge in [-0.15, -0.1) is 0 Å². The normalized spacial score (nSPS) is 17.1. The second kappa shape index (κ2) is 5.30. The second-order valence-electron chi connectivity index (χ2n) is 5.21. The number of carbonyl (C=O) groups excluding carboxylic acids is 2. The Hall–Kier alpha value is -1.10. The van der Waals surface area contributed by atoms with Crippen LogP contribution in [0.2, 0.25) is 0 Å². The molecule has 1 heterocycles. The van der Waals surface area contributed by atoms with Crippen LogP contribution < -0.4 is 5.32 Å². The van der Waals surface area contributed by atoms with Gasteiger partial charge in [-0.25, -0.2) is 4.79 Å². The van der Waals surface area contributed by atoms with Gasteiger partial charge in [-0.3, -0.25) is 4.79 Å². The summed E-state index contributed by atoms with van der Waals surface area (Å²) in [5.74, 6) is -0.448. The summed E-state index contributed by atoms with van der Waals surface area (Å²) < 4.78 is 4.79. The smallest absolute Gasteiger partial charge is 0.376 e. The van der Waals surface area contributed by atoms with E-state index in [0.29, 0.717) is 13.1 Å². The zero-order valence-corrected chi connectivity index (χ0v) is 10.2. The van der Waals surface area contributed by atoms with Crippen LogP contribution in [-0.4, -0.2) is 43.1 Å². The summed E-state index contributed by atoms with van der Waals surface area (Å²) in [6.45, 7) is 8.50. The molecule has 0 aromatic heterocycles. The number of esters is 1. The lowest BCUT2D eigenvalue weighted by atomic mass is 9.93. The van der Waals surface area contributed by atoms with Gasteiger partial charge in [-0.1, -0.05) is 20.8 Å². The number of hydrogen-bond donors (Lipinski definition) is 1. The van der Waals surface area contributed by atoms with Gasteiger partial charge in [0, 0.05) is 26.2 Å². The Kier molecular flexibility index (Phi) is 4.29. The molecule has 16 heavy (non-hydrogen) atoms.